The van der Waals surface area contributed by atoms with E-state index in [-0.39, 0.29) is 0 Å². The van der Waals surface area contributed by atoms with Gasteiger partial charge >= 0.3 is 0 Å². The number of rotatable bonds is 4. The Hall–Kier alpha value is -1.84. The first-order chi connectivity index (χ1) is 7.74. The lowest BCUT2D eigenvalue weighted by molar-refractivity contribution is 0.685. The second-order valence-electron chi connectivity index (χ2n) is 4.09. The number of hydrogen-bond acceptors (Lipinski definition) is 3. The Morgan fingerprint density at radius 1 is 1.38 bits per heavy atom. The Bertz CT molecular complexity index is 434. The van der Waals surface area contributed by atoms with Gasteiger partial charge in [0.15, 0.2) is 0 Å². The largest absolute Gasteiger partial charge is 0.383 e. The van der Waals surface area contributed by atoms with Crippen molar-refractivity contribution in [3.8, 4) is 0 Å². The number of nitrogens with one attached hydrogen (secondary N) is 1. The van der Waals surface area contributed by atoms with Crippen LogP contribution in [0.3, 0.4) is 0 Å². The van der Waals surface area contributed by atoms with E-state index in [1.165, 1.54) is 5.56 Å². The first kappa shape index (κ1) is 10.7. The van der Waals surface area contributed by atoms with E-state index in [0.29, 0.717) is 6.04 Å². The van der Waals surface area contributed by atoms with E-state index in [0.717, 1.165) is 12.2 Å². The molecular formula is C12H16N4. The molecule has 0 aliphatic heterocycles. The van der Waals surface area contributed by atoms with Gasteiger partial charge in [0.2, 0.25) is 0 Å². The Labute approximate surface area is 95.3 Å². The lowest BCUT2D eigenvalue weighted by Crippen LogP contribution is -2.10. The molecule has 0 aliphatic carbocycles. The molecule has 0 unspecified atom stereocenters. The molecule has 4 heteroatoms. The molecule has 0 aliphatic rings. The highest BCUT2D eigenvalue weighted by molar-refractivity contribution is 5.46. The van der Waals surface area contributed by atoms with E-state index in [4.69, 9.17) is 0 Å². The van der Waals surface area contributed by atoms with E-state index >= 15 is 0 Å². The highest BCUT2D eigenvalue weighted by Gasteiger charge is 1.99. The minimum absolute atomic E-state index is 0.446. The molecular weight excluding hydrogens is 200 g/mol. The molecule has 1 N–H and O–H groups in total. The zero-order chi connectivity index (χ0) is 11.4. The zero-order valence-electron chi connectivity index (χ0n) is 9.59. The fourth-order valence-electron chi connectivity index (χ4n) is 1.59. The predicted octanol–water partition coefficient (Wildman–Crippen LogP) is 2.15. The highest BCUT2D eigenvalue weighted by atomic mass is 15.3. The monoisotopic (exact) mass is 216 g/mol. The number of anilines is 1. The lowest BCUT2D eigenvalue weighted by Gasteiger charge is -2.11. The van der Waals surface area contributed by atoms with Crippen LogP contribution in [0.2, 0.25) is 0 Å². The Kier molecular flexibility index (Phi) is 3.19. The van der Waals surface area contributed by atoms with Crippen molar-refractivity contribution in [1.82, 2.24) is 14.8 Å². The van der Waals surface area contributed by atoms with Crippen molar-refractivity contribution in [2.45, 2.75) is 26.4 Å². The van der Waals surface area contributed by atoms with Crippen LogP contribution in [0.4, 0.5) is 5.69 Å². The molecule has 4 nitrogen and oxygen atoms in total. The third-order valence-electron chi connectivity index (χ3n) is 2.19. The van der Waals surface area contributed by atoms with Crippen LogP contribution in [0.25, 0.3) is 0 Å². The molecule has 0 saturated heterocycles. The van der Waals surface area contributed by atoms with Crippen LogP contribution in [-0.4, -0.2) is 20.8 Å². The van der Waals surface area contributed by atoms with Crippen molar-refractivity contribution < 1.29 is 0 Å². The summed E-state index contributed by atoms with van der Waals surface area (Å²) >= 11 is 0. The first-order valence-corrected chi connectivity index (χ1v) is 5.42. The van der Waals surface area contributed by atoms with E-state index in [1.54, 1.807) is 12.7 Å². The third-order valence-corrected chi connectivity index (χ3v) is 2.19. The van der Waals surface area contributed by atoms with Crippen LogP contribution in [0, 0.1) is 0 Å². The van der Waals surface area contributed by atoms with Gasteiger partial charge in [-0.05, 0) is 31.5 Å². The molecule has 0 amide bonds. The van der Waals surface area contributed by atoms with Crippen LogP contribution in [0.1, 0.15) is 19.4 Å². The Balaban J connectivity index is 2.10. The predicted molar refractivity (Wildman–Crippen MR) is 64.3 cm³/mol. The van der Waals surface area contributed by atoms with Gasteiger partial charge in [0.05, 0.1) is 6.54 Å². The molecule has 0 radical (unpaired) electrons. The minimum atomic E-state index is 0.446. The lowest BCUT2D eigenvalue weighted by atomic mass is 10.2. The summed E-state index contributed by atoms with van der Waals surface area (Å²) in [6.07, 6.45) is 3.28. The van der Waals surface area contributed by atoms with E-state index in [9.17, 15) is 0 Å². The number of nitrogens with zero attached hydrogens (tertiary/aromatic N) is 3. The van der Waals surface area contributed by atoms with Crippen molar-refractivity contribution in [3.63, 3.8) is 0 Å². The van der Waals surface area contributed by atoms with Gasteiger partial charge in [0.25, 0.3) is 0 Å². The summed E-state index contributed by atoms with van der Waals surface area (Å²) in [5, 5.41) is 7.47. The SMILES string of the molecule is CC(C)Nc1cccc(Cn2cncn2)c1. The maximum atomic E-state index is 4.09. The second-order valence-corrected chi connectivity index (χ2v) is 4.09. The normalized spacial score (nSPS) is 10.7. The van der Waals surface area contributed by atoms with Gasteiger partial charge < -0.3 is 5.32 Å². The maximum absolute atomic E-state index is 4.09. The van der Waals surface area contributed by atoms with E-state index in [1.807, 2.05) is 4.68 Å². The zero-order valence-corrected chi connectivity index (χ0v) is 9.59. The van der Waals surface area contributed by atoms with Crippen LogP contribution in [-0.2, 0) is 6.54 Å². The average Bonchev–Trinajstić information content (AvgIpc) is 2.70. The molecule has 0 atom stereocenters. The minimum Gasteiger partial charge on any atom is -0.383 e. The molecule has 0 spiro atoms. The number of benzene rings is 1. The van der Waals surface area contributed by atoms with Gasteiger partial charge in [-0.25, -0.2) is 9.67 Å². The number of hydrogen-bond donors (Lipinski definition) is 1. The quantitative estimate of drug-likeness (QED) is 0.851. The van der Waals surface area contributed by atoms with Crippen molar-refractivity contribution in [3.05, 3.63) is 42.5 Å². The molecule has 0 fully saturated rings. The van der Waals surface area contributed by atoms with E-state index in [2.05, 4.69) is 53.5 Å². The standard InChI is InChI=1S/C12H16N4/c1-10(2)15-12-5-3-4-11(6-12)7-16-9-13-8-14-16/h3-6,8-10,15H,7H2,1-2H3. The topological polar surface area (TPSA) is 42.7 Å². The third kappa shape index (κ3) is 2.82. The highest BCUT2D eigenvalue weighted by Crippen LogP contribution is 2.12. The van der Waals surface area contributed by atoms with Crippen molar-refractivity contribution in [1.29, 1.82) is 0 Å². The van der Waals surface area contributed by atoms with Gasteiger partial charge in [-0.2, -0.15) is 5.10 Å². The molecule has 16 heavy (non-hydrogen) atoms. The molecule has 1 heterocycles. The molecule has 0 saturated carbocycles. The van der Waals surface area contributed by atoms with Crippen molar-refractivity contribution >= 4 is 5.69 Å². The second kappa shape index (κ2) is 4.79. The first-order valence-electron chi connectivity index (χ1n) is 5.42. The van der Waals surface area contributed by atoms with Gasteiger partial charge in [-0.15, -0.1) is 0 Å². The Morgan fingerprint density at radius 2 is 2.25 bits per heavy atom. The molecule has 0 bridgehead atoms. The van der Waals surface area contributed by atoms with Crippen LogP contribution in [0.5, 0.6) is 0 Å². The van der Waals surface area contributed by atoms with E-state index < -0.39 is 0 Å². The van der Waals surface area contributed by atoms with Crippen LogP contribution < -0.4 is 5.32 Å². The smallest absolute Gasteiger partial charge is 0.137 e. The summed E-state index contributed by atoms with van der Waals surface area (Å²) in [6.45, 7) is 5.02. The van der Waals surface area contributed by atoms with Crippen molar-refractivity contribution in [2.24, 2.45) is 0 Å². The average molecular weight is 216 g/mol. The van der Waals surface area contributed by atoms with Gasteiger partial charge in [0, 0.05) is 11.7 Å². The molecule has 1 aromatic heterocycles. The summed E-state index contributed by atoms with van der Waals surface area (Å²) in [7, 11) is 0. The summed E-state index contributed by atoms with van der Waals surface area (Å²) in [4.78, 5) is 3.93. The molecule has 2 rings (SSSR count). The summed E-state index contributed by atoms with van der Waals surface area (Å²) in [5.74, 6) is 0. The number of aromatic nitrogens is 3. The van der Waals surface area contributed by atoms with Gasteiger partial charge in [0.1, 0.15) is 12.7 Å². The fraction of sp³-hybridized carbons (Fsp3) is 0.333. The molecule has 84 valence electrons. The maximum Gasteiger partial charge on any atom is 0.137 e. The Morgan fingerprint density at radius 3 is 2.94 bits per heavy atom. The summed E-state index contributed by atoms with van der Waals surface area (Å²) in [6, 6.07) is 8.80. The van der Waals surface area contributed by atoms with Crippen LogP contribution >= 0.6 is 0 Å². The fourth-order valence-corrected chi connectivity index (χ4v) is 1.59. The van der Waals surface area contributed by atoms with Crippen LogP contribution in [0.15, 0.2) is 36.9 Å². The molecule has 1 aromatic carbocycles. The molecule has 2 aromatic rings. The van der Waals surface area contributed by atoms with Gasteiger partial charge in [-0.3, -0.25) is 0 Å². The van der Waals surface area contributed by atoms with Crippen molar-refractivity contribution in [2.75, 3.05) is 5.32 Å². The summed E-state index contributed by atoms with van der Waals surface area (Å²) in [5.41, 5.74) is 2.36. The van der Waals surface area contributed by atoms with Gasteiger partial charge in [-0.1, -0.05) is 12.1 Å². The summed E-state index contributed by atoms with van der Waals surface area (Å²) < 4.78 is 1.81.